The summed E-state index contributed by atoms with van der Waals surface area (Å²) in [6.07, 6.45) is -0.689. The summed E-state index contributed by atoms with van der Waals surface area (Å²) in [7, 11) is 0. The maximum Gasteiger partial charge on any atom is 0.408 e. The minimum Gasteiger partial charge on any atom is -0.477 e. The van der Waals surface area contributed by atoms with Gasteiger partial charge in [0.05, 0.1) is 0 Å². The molecule has 0 aliphatic carbocycles. The molecule has 0 aromatic carbocycles. The third kappa shape index (κ3) is 3.73. The Bertz CT molecular complexity index is 188. The summed E-state index contributed by atoms with van der Waals surface area (Å²) in [5.41, 5.74) is 0. The fraction of sp³-hybridized carbons (Fsp3) is 0. The number of rotatable bonds is 2. The predicted molar refractivity (Wildman–Crippen MR) is 32.7 cm³/mol. The van der Waals surface area contributed by atoms with Crippen molar-refractivity contribution in [1.29, 1.82) is 0 Å². The quantitative estimate of drug-likeness (QED) is 0.518. The molecule has 0 rings (SSSR count). The van der Waals surface area contributed by atoms with Crippen molar-refractivity contribution in [3.05, 3.63) is 11.2 Å². The molecule has 0 fully saturated rings. The number of amides is 1. The van der Waals surface area contributed by atoms with Crippen LogP contribution in [0.5, 0.6) is 0 Å². The van der Waals surface area contributed by atoms with Crippen LogP contribution in [0.25, 0.3) is 0 Å². The summed E-state index contributed by atoms with van der Waals surface area (Å²) in [5, 5.41) is 17.1. The zero-order valence-electron chi connectivity index (χ0n) is 4.67. The van der Waals surface area contributed by atoms with Crippen molar-refractivity contribution < 1.29 is 19.8 Å². The highest BCUT2D eigenvalue weighted by Crippen LogP contribution is 1.97. The first-order chi connectivity index (χ1) is 4.54. The highest BCUT2D eigenvalue weighted by molar-refractivity contribution is 6.40. The Morgan fingerprint density at radius 3 is 2.20 bits per heavy atom. The number of halogens is 1. The molecular formula is C4H4ClNO4. The fourth-order valence-corrected chi connectivity index (χ4v) is 0.241. The third-order valence-electron chi connectivity index (χ3n) is 0.527. The van der Waals surface area contributed by atoms with Gasteiger partial charge >= 0.3 is 12.1 Å². The highest BCUT2D eigenvalue weighted by atomic mass is 35.5. The predicted octanol–water partition coefficient (Wildman–Crippen LogP) is 0.419. The molecule has 0 heterocycles. The van der Waals surface area contributed by atoms with Crippen LogP contribution in [-0.2, 0) is 4.79 Å². The van der Waals surface area contributed by atoms with Gasteiger partial charge in [-0.1, -0.05) is 11.6 Å². The molecule has 6 heteroatoms. The Morgan fingerprint density at radius 1 is 1.40 bits per heavy atom. The number of carboxylic acids is 1. The lowest BCUT2D eigenvalue weighted by Crippen LogP contribution is -2.14. The van der Waals surface area contributed by atoms with Crippen molar-refractivity contribution in [2.75, 3.05) is 0 Å². The van der Waals surface area contributed by atoms with Crippen molar-refractivity contribution in [3.8, 4) is 0 Å². The van der Waals surface area contributed by atoms with Crippen LogP contribution in [0, 0.1) is 0 Å². The molecule has 0 atom stereocenters. The molecule has 0 radical (unpaired) electrons. The Kier molecular flexibility index (Phi) is 3.27. The normalized spacial score (nSPS) is 10.7. The molecule has 0 aromatic rings. The van der Waals surface area contributed by atoms with Gasteiger partial charge in [0, 0.05) is 6.20 Å². The van der Waals surface area contributed by atoms with Crippen LogP contribution in [0.3, 0.4) is 0 Å². The first-order valence-electron chi connectivity index (χ1n) is 2.12. The second kappa shape index (κ2) is 3.73. The average Bonchev–Trinajstić information content (AvgIpc) is 1.82. The molecule has 0 spiro atoms. The van der Waals surface area contributed by atoms with Gasteiger partial charge in [-0.3, -0.25) is 5.32 Å². The van der Waals surface area contributed by atoms with Crippen LogP contribution >= 0.6 is 11.6 Å². The number of nitrogens with one attached hydrogen (secondary N) is 1. The van der Waals surface area contributed by atoms with Gasteiger partial charge in [0.1, 0.15) is 5.03 Å². The molecule has 56 valence electrons. The van der Waals surface area contributed by atoms with Gasteiger partial charge < -0.3 is 10.2 Å². The Hall–Kier alpha value is -1.23. The zero-order chi connectivity index (χ0) is 8.15. The standard InChI is InChI=1S/C4H4ClNO4/c5-2(3(7)8)1-6-4(9)10/h1,6H,(H,7,8)(H,9,10). The van der Waals surface area contributed by atoms with Crippen molar-refractivity contribution in [3.63, 3.8) is 0 Å². The van der Waals surface area contributed by atoms with Gasteiger partial charge in [0.2, 0.25) is 0 Å². The average molecular weight is 166 g/mol. The minimum atomic E-state index is -1.38. The topological polar surface area (TPSA) is 86.6 Å². The SMILES string of the molecule is O=C(O)NC=C(Cl)C(=O)O. The fourth-order valence-electron chi connectivity index (χ4n) is 0.187. The number of hydrogen-bond acceptors (Lipinski definition) is 2. The van der Waals surface area contributed by atoms with Crippen molar-refractivity contribution in [2.24, 2.45) is 0 Å². The van der Waals surface area contributed by atoms with E-state index in [4.69, 9.17) is 21.8 Å². The van der Waals surface area contributed by atoms with E-state index in [0.717, 1.165) is 0 Å². The molecule has 0 aliphatic rings. The van der Waals surface area contributed by atoms with E-state index in [1.165, 1.54) is 0 Å². The van der Waals surface area contributed by atoms with Crippen LogP contribution in [0.2, 0.25) is 0 Å². The number of aliphatic carboxylic acids is 1. The smallest absolute Gasteiger partial charge is 0.408 e. The van der Waals surface area contributed by atoms with Crippen molar-refractivity contribution >= 4 is 23.7 Å². The molecule has 10 heavy (non-hydrogen) atoms. The summed E-state index contributed by atoms with van der Waals surface area (Å²) in [6, 6.07) is 0. The zero-order valence-corrected chi connectivity index (χ0v) is 5.42. The molecule has 5 nitrogen and oxygen atoms in total. The maximum atomic E-state index is 9.88. The van der Waals surface area contributed by atoms with E-state index in [9.17, 15) is 9.59 Å². The number of carboxylic acid groups (broad SMARTS) is 2. The van der Waals surface area contributed by atoms with Crippen molar-refractivity contribution in [1.82, 2.24) is 5.32 Å². The highest BCUT2D eigenvalue weighted by Gasteiger charge is 2.01. The van der Waals surface area contributed by atoms with E-state index in [-0.39, 0.29) is 0 Å². The lowest BCUT2D eigenvalue weighted by Gasteiger charge is -1.90. The number of hydrogen-bond donors (Lipinski definition) is 3. The molecule has 1 amide bonds. The van der Waals surface area contributed by atoms with Gasteiger partial charge in [0.15, 0.2) is 0 Å². The summed E-state index contributed by atoms with van der Waals surface area (Å²) < 4.78 is 0. The molecule has 0 aromatic heterocycles. The van der Waals surface area contributed by atoms with E-state index in [2.05, 4.69) is 0 Å². The van der Waals surface area contributed by atoms with Crippen LogP contribution in [0.15, 0.2) is 11.2 Å². The van der Waals surface area contributed by atoms with Crippen LogP contribution < -0.4 is 5.32 Å². The molecule has 0 unspecified atom stereocenters. The molecule has 3 N–H and O–H groups in total. The lowest BCUT2D eigenvalue weighted by molar-refractivity contribution is -0.131. The minimum absolute atomic E-state index is 0.581. The Balaban J connectivity index is 3.92. The van der Waals surface area contributed by atoms with Crippen molar-refractivity contribution in [2.45, 2.75) is 0 Å². The van der Waals surface area contributed by atoms with Gasteiger partial charge in [-0.25, -0.2) is 9.59 Å². The Labute approximate surface area is 60.9 Å². The van der Waals surface area contributed by atoms with Crippen LogP contribution in [0.4, 0.5) is 4.79 Å². The lowest BCUT2D eigenvalue weighted by atomic mass is 10.6. The van der Waals surface area contributed by atoms with E-state index in [1.807, 2.05) is 0 Å². The van der Waals surface area contributed by atoms with E-state index >= 15 is 0 Å². The summed E-state index contributed by atoms with van der Waals surface area (Å²) >= 11 is 5.00. The number of carbonyl (C=O) groups is 2. The van der Waals surface area contributed by atoms with Gasteiger partial charge in [-0.2, -0.15) is 0 Å². The van der Waals surface area contributed by atoms with Crippen LogP contribution in [-0.4, -0.2) is 22.3 Å². The Morgan fingerprint density at radius 2 is 1.90 bits per heavy atom. The van der Waals surface area contributed by atoms with E-state index in [1.54, 1.807) is 5.32 Å². The summed E-state index contributed by atoms with van der Waals surface area (Å²) in [4.78, 5) is 19.6. The molecule has 0 bridgehead atoms. The van der Waals surface area contributed by atoms with Crippen LogP contribution in [0.1, 0.15) is 0 Å². The van der Waals surface area contributed by atoms with Gasteiger partial charge in [0.25, 0.3) is 0 Å². The monoisotopic (exact) mass is 165 g/mol. The second-order valence-electron chi connectivity index (χ2n) is 1.25. The maximum absolute atomic E-state index is 9.88. The molecule has 0 saturated carbocycles. The summed E-state index contributed by atoms with van der Waals surface area (Å²) in [6.45, 7) is 0. The second-order valence-corrected chi connectivity index (χ2v) is 1.65. The third-order valence-corrected chi connectivity index (χ3v) is 0.797. The first-order valence-corrected chi connectivity index (χ1v) is 2.50. The molecule has 0 aliphatic heterocycles. The van der Waals surface area contributed by atoms with Gasteiger partial charge in [-0.05, 0) is 0 Å². The largest absolute Gasteiger partial charge is 0.477 e. The molecule has 0 saturated heterocycles. The van der Waals surface area contributed by atoms with E-state index in [0.29, 0.717) is 6.20 Å². The van der Waals surface area contributed by atoms with E-state index < -0.39 is 17.1 Å². The summed E-state index contributed by atoms with van der Waals surface area (Å²) in [5.74, 6) is -1.38. The molecular weight excluding hydrogens is 162 g/mol. The van der Waals surface area contributed by atoms with Gasteiger partial charge in [-0.15, -0.1) is 0 Å². The first kappa shape index (κ1) is 8.77.